The fraction of sp³-hybridized carbons (Fsp3) is 0.333. The second kappa shape index (κ2) is 11.6. The van der Waals surface area contributed by atoms with E-state index in [1.54, 1.807) is 0 Å². The van der Waals surface area contributed by atoms with E-state index in [-0.39, 0.29) is 12.4 Å². The third-order valence-corrected chi connectivity index (χ3v) is 3.50. The molecule has 0 heterocycles. The molecule has 0 atom stereocenters. The highest BCUT2D eigenvalue weighted by molar-refractivity contribution is 5.85. The van der Waals surface area contributed by atoms with E-state index in [2.05, 4.69) is 10.5 Å². The number of halogens is 1. The van der Waals surface area contributed by atoms with E-state index >= 15 is 0 Å². The van der Waals surface area contributed by atoms with Crippen LogP contribution >= 0.6 is 0 Å². The van der Waals surface area contributed by atoms with Crippen molar-refractivity contribution in [3.05, 3.63) is 53.8 Å². The van der Waals surface area contributed by atoms with Crippen LogP contribution < -0.4 is 19.6 Å². The number of rotatable bonds is 11. The first-order chi connectivity index (χ1) is 13.6. The standard InChI is InChI=1S/C21H25FN2O4/c1-3-11-26-19-8-5-16(20(13-19)27-12-4-2)14-23-24-21(25)15-28-18-9-6-17(22)7-10-18/h5-10,13-14H,3-4,11-12,15H2,1-2H3,(H,24,25)/b23-14+. The number of benzene rings is 2. The SMILES string of the molecule is CCCOc1ccc(/C=N/NC(=O)COc2ccc(F)cc2)c(OCCC)c1. The van der Waals surface area contributed by atoms with E-state index in [1.807, 2.05) is 32.0 Å². The summed E-state index contributed by atoms with van der Waals surface area (Å²) < 4.78 is 29.5. The Balaban J connectivity index is 1.91. The van der Waals surface area contributed by atoms with Crippen molar-refractivity contribution in [1.29, 1.82) is 0 Å². The molecule has 0 bridgehead atoms. The zero-order valence-electron chi connectivity index (χ0n) is 16.1. The molecule has 0 saturated heterocycles. The number of hydrazone groups is 1. The minimum absolute atomic E-state index is 0.230. The molecule has 1 N–H and O–H groups in total. The van der Waals surface area contributed by atoms with Gasteiger partial charge in [0.2, 0.25) is 0 Å². The Bertz CT molecular complexity index is 778. The maximum atomic E-state index is 12.8. The highest BCUT2D eigenvalue weighted by Gasteiger charge is 2.06. The Morgan fingerprint density at radius 1 is 1.00 bits per heavy atom. The molecule has 2 rings (SSSR count). The Morgan fingerprint density at radius 3 is 2.39 bits per heavy atom. The third-order valence-electron chi connectivity index (χ3n) is 3.50. The molecule has 7 heteroatoms. The van der Waals surface area contributed by atoms with Crippen molar-refractivity contribution in [3.63, 3.8) is 0 Å². The van der Waals surface area contributed by atoms with Crippen molar-refractivity contribution in [3.8, 4) is 17.2 Å². The molecule has 0 fully saturated rings. The molecule has 0 unspecified atom stereocenters. The van der Waals surface area contributed by atoms with Gasteiger partial charge in [0.15, 0.2) is 6.61 Å². The number of carbonyl (C=O) groups excluding carboxylic acids is 1. The van der Waals surface area contributed by atoms with Crippen molar-refractivity contribution in [2.24, 2.45) is 5.10 Å². The molecule has 0 saturated carbocycles. The summed E-state index contributed by atoms with van der Waals surface area (Å²) in [7, 11) is 0. The molecule has 1 amide bonds. The van der Waals surface area contributed by atoms with Crippen molar-refractivity contribution in [1.82, 2.24) is 5.43 Å². The van der Waals surface area contributed by atoms with Crippen LogP contribution in [0, 0.1) is 5.82 Å². The van der Waals surface area contributed by atoms with Crippen LogP contribution in [0.4, 0.5) is 4.39 Å². The van der Waals surface area contributed by atoms with Crippen LogP contribution in [0.5, 0.6) is 17.2 Å². The first-order valence-electron chi connectivity index (χ1n) is 9.22. The summed E-state index contributed by atoms with van der Waals surface area (Å²) in [5, 5.41) is 3.94. The molecule has 0 aliphatic heterocycles. The number of amides is 1. The van der Waals surface area contributed by atoms with Gasteiger partial charge < -0.3 is 14.2 Å². The minimum atomic E-state index is -0.431. The average molecular weight is 388 g/mol. The lowest BCUT2D eigenvalue weighted by Crippen LogP contribution is -2.24. The number of nitrogens with zero attached hydrogens (tertiary/aromatic N) is 1. The molecule has 0 aliphatic carbocycles. The lowest BCUT2D eigenvalue weighted by Gasteiger charge is -2.11. The molecular weight excluding hydrogens is 363 g/mol. The number of carbonyl (C=O) groups is 1. The van der Waals surface area contributed by atoms with E-state index in [0.29, 0.717) is 24.7 Å². The van der Waals surface area contributed by atoms with Gasteiger partial charge in [0.1, 0.15) is 23.1 Å². The van der Waals surface area contributed by atoms with Crippen LogP contribution in [0.1, 0.15) is 32.3 Å². The number of ether oxygens (including phenoxy) is 3. The summed E-state index contributed by atoms with van der Waals surface area (Å²) in [4.78, 5) is 11.8. The number of hydrogen-bond acceptors (Lipinski definition) is 5. The molecule has 150 valence electrons. The molecular formula is C21H25FN2O4. The van der Waals surface area contributed by atoms with Gasteiger partial charge in [-0.3, -0.25) is 4.79 Å². The van der Waals surface area contributed by atoms with E-state index < -0.39 is 5.91 Å². The Morgan fingerprint density at radius 2 is 1.68 bits per heavy atom. The van der Waals surface area contributed by atoms with Crippen LogP contribution in [-0.4, -0.2) is 31.9 Å². The van der Waals surface area contributed by atoms with Gasteiger partial charge in [-0.25, -0.2) is 9.82 Å². The number of hydrogen-bond donors (Lipinski definition) is 1. The van der Waals surface area contributed by atoms with Gasteiger partial charge in [-0.1, -0.05) is 13.8 Å². The predicted octanol–water partition coefficient (Wildman–Crippen LogP) is 3.93. The predicted molar refractivity (Wildman–Crippen MR) is 106 cm³/mol. The molecule has 6 nitrogen and oxygen atoms in total. The monoisotopic (exact) mass is 388 g/mol. The lowest BCUT2D eigenvalue weighted by atomic mass is 10.2. The van der Waals surface area contributed by atoms with Crippen molar-refractivity contribution in [2.75, 3.05) is 19.8 Å². The van der Waals surface area contributed by atoms with Crippen LogP contribution in [0.25, 0.3) is 0 Å². The zero-order valence-corrected chi connectivity index (χ0v) is 16.1. The van der Waals surface area contributed by atoms with Gasteiger partial charge in [0.25, 0.3) is 5.91 Å². The highest BCUT2D eigenvalue weighted by Crippen LogP contribution is 2.24. The van der Waals surface area contributed by atoms with Crippen molar-refractivity contribution >= 4 is 12.1 Å². The molecule has 2 aromatic rings. The van der Waals surface area contributed by atoms with Gasteiger partial charge in [-0.15, -0.1) is 0 Å². The normalized spacial score (nSPS) is 10.7. The quantitative estimate of drug-likeness (QED) is 0.468. The summed E-state index contributed by atoms with van der Waals surface area (Å²) in [5.74, 6) is 0.962. The summed E-state index contributed by atoms with van der Waals surface area (Å²) in [6.45, 7) is 5.03. The first-order valence-corrected chi connectivity index (χ1v) is 9.22. The minimum Gasteiger partial charge on any atom is -0.493 e. The number of nitrogens with one attached hydrogen (secondary N) is 1. The Hall–Kier alpha value is -3.09. The Kier molecular flexibility index (Phi) is 8.78. The average Bonchev–Trinajstić information content (AvgIpc) is 2.71. The van der Waals surface area contributed by atoms with Gasteiger partial charge in [0, 0.05) is 11.6 Å². The van der Waals surface area contributed by atoms with E-state index in [1.165, 1.54) is 30.5 Å². The zero-order chi connectivity index (χ0) is 20.2. The van der Waals surface area contributed by atoms with Gasteiger partial charge in [0.05, 0.1) is 19.4 Å². The van der Waals surface area contributed by atoms with Crippen LogP contribution in [0.3, 0.4) is 0 Å². The summed E-state index contributed by atoms with van der Waals surface area (Å²) >= 11 is 0. The fourth-order valence-corrected chi connectivity index (χ4v) is 2.15. The van der Waals surface area contributed by atoms with Gasteiger partial charge in [-0.05, 0) is 49.2 Å². The fourth-order valence-electron chi connectivity index (χ4n) is 2.15. The first kappa shape index (κ1) is 21.2. The van der Waals surface area contributed by atoms with Crippen molar-refractivity contribution in [2.45, 2.75) is 26.7 Å². The Labute approximate surface area is 164 Å². The van der Waals surface area contributed by atoms with E-state index in [0.717, 1.165) is 24.2 Å². The lowest BCUT2D eigenvalue weighted by molar-refractivity contribution is -0.123. The van der Waals surface area contributed by atoms with Crippen LogP contribution in [-0.2, 0) is 4.79 Å². The smallest absolute Gasteiger partial charge is 0.277 e. The summed E-state index contributed by atoms with van der Waals surface area (Å²) in [6, 6.07) is 10.9. The highest BCUT2D eigenvalue weighted by atomic mass is 19.1. The molecule has 2 aromatic carbocycles. The van der Waals surface area contributed by atoms with Crippen LogP contribution in [0.15, 0.2) is 47.6 Å². The largest absolute Gasteiger partial charge is 0.493 e. The second-order valence-corrected chi connectivity index (χ2v) is 5.93. The van der Waals surface area contributed by atoms with E-state index in [9.17, 15) is 9.18 Å². The molecule has 28 heavy (non-hydrogen) atoms. The third kappa shape index (κ3) is 7.26. The second-order valence-electron chi connectivity index (χ2n) is 5.93. The maximum absolute atomic E-state index is 12.8. The topological polar surface area (TPSA) is 69.2 Å². The maximum Gasteiger partial charge on any atom is 0.277 e. The van der Waals surface area contributed by atoms with Gasteiger partial charge >= 0.3 is 0 Å². The summed E-state index contributed by atoms with van der Waals surface area (Å²) in [6.07, 6.45) is 3.29. The molecule has 0 aromatic heterocycles. The molecule has 0 spiro atoms. The van der Waals surface area contributed by atoms with Gasteiger partial charge in [-0.2, -0.15) is 5.10 Å². The molecule has 0 aliphatic rings. The van der Waals surface area contributed by atoms with Crippen LogP contribution in [0.2, 0.25) is 0 Å². The van der Waals surface area contributed by atoms with Crippen molar-refractivity contribution < 1.29 is 23.4 Å². The molecule has 0 radical (unpaired) electrons. The van der Waals surface area contributed by atoms with E-state index in [4.69, 9.17) is 14.2 Å². The summed E-state index contributed by atoms with van der Waals surface area (Å²) in [5.41, 5.74) is 3.11.